The average Bonchev–Trinajstić information content (AvgIpc) is 2.34. The van der Waals surface area contributed by atoms with E-state index in [0.717, 1.165) is 32.6 Å². The standard InChI is InChI=1S/C14H29N3O/c1-5-12(2)16-8-10-17(11-9-16)13(18)6-7-14(3,4)15/h12H,5-11,15H2,1-4H3. The van der Waals surface area contributed by atoms with Crippen LogP contribution < -0.4 is 5.73 Å². The van der Waals surface area contributed by atoms with E-state index in [-0.39, 0.29) is 11.4 Å². The van der Waals surface area contributed by atoms with Gasteiger partial charge in [0.25, 0.3) is 0 Å². The molecule has 1 saturated heterocycles. The van der Waals surface area contributed by atoms with E-state index in [2.05, 4.69) is 18.7 Å². The summed E-state index contributed by atoms with van der Waals surface area (Å²) in [5.41, 5.74) is 5.67. The zero-order chi connectivity index (χ0) is 13.8. The van der Waals surface area contributed by atoms with Crippen molar-refractivity contribution < 1.29 is 4.79 Å². The smallest absolute Gasteiger partial charge is 0.222 e. The van der Waals surface area contributed by atoms with Crippen molar-refractivity contribution in [2.45, 2.75) is 58.5 Å². The first kappa shape index (κ1) is 15.4. The van der Waals surface area contributed by atoms with Crippen molar-refractivity contribution in [3.8, 4) is 0 Å². The Balaban J connectivity index is 2.32. The molecule has 1 fully saturated rings. The van der Waals surface area contributed by atoms with Gasteiger partial charge in [-0.15, -0.1) is 0 Å². The Bertz CT molecular complexity index is 265. The van der Waals surface area contributed by atoms with E-state index in [4.69, 9.17) is 5.73 Å². The number of carbonyl (C=O) groups is 1. The van der Waals surface area contributed by atoms with Gasteiger partial charge < -0.3 is 10.6 Å². The van der Waals surface area contributed by atoms with Gasteiger partial charge in [-0.1, -0.05) is 6.92 Å². The van der Waals surface area contributed by atoms with Crippen molar-refractivity contribution in [1.82, 2.24) is 9.80 Å². The highest BCUT2D eigenvalue weighted by atomic mass is 16.2. The zero-order valence-corrected chi connectivity index (χ0v) is 12.4. The van der Waals surface area contributed by atoms with Crippen molar-refractivity contribution in [1.29, 1.82) is 0 Å². The summed E-state index contributed by atoms with van der Waals surface area (Å²) in [5, 5.41) is 0. The number of nitrogens with two attached hydrogens (primary N) is 1. The molecule has 0 aromatic heterocycles. The summed E-state index contributed by atoms with van der Waals surface area (Å²) in [6.07, 6.45) is 2.51. The maximum absolute atomic E-state index is 12.0. The molecule has 0 saturated carbocycles. The molecule has 1 aliphatic rings. The van der Waals surface area contributed by atoms with Crippen molar-refractivity contribution in [2.75, 3.05) is 26.2 Å². The molecular formula is C14H29N3O. The SMILES string of the molecule is CCC(C)N1CCN(C(=O)CCC(C)(C)N)CC1. The molecule has 0 bridgehead atoms. The zero-order valence-electron chi connectivity index (χ0n) is 12.4. The van der Waals surface area contributed by atoms with Crippen LogP contribution in [0.3, 0.4) is 0 Å². The highest BCUT2D eigenvalue weighted by molar-refractivity contribution is 5.76. The second-order valence-electron chi connectivity index (χ2n) is 6.16. The van der Waals surface area contributed by atoms with Gasteiger partial charge in [0, 0.05) is 44.2 Å². The second-order valence-corrected chi connectivity index (χ2v) is 6.16. The largest absolute Gasteiger partial charge is 0.340 e. The van der Waals surface area contributed by atoms with Crippen LogP contribution in [0.4, 0.5) is 0 Å². The van der Waals surface area contributed by atoms with Gasteiger partial charge in [-0.05, 0) is 33.6 Å². The third-order valence-corrected chi connectivity index (χ3v) is 3.86. The van der Waals surface area contributed by atoms with Gasteiger partial charge in [-0.25, -0.2) is 0 Å². The summed E-state index contributed by atoms with van der Waals surface area (Å²) in [6.45, 7) is 12.2. The van der Waals surface area contributed by atoms with Crippen LogP contribution >= 0.6 is 0 Å². The fraction of sp³-hybridized carbons (Fsp3) is 0.929. The van der Waals surface area contributed by atoms with E-state index in [1.54, 1.807) is 0 Å². The quantitative estimate of drug-likeness (QED) is 0.809. The monoisotopic (exact) mass is 255 g/mol. The molecule has 2 N–H and O–H groups in total. The van der Waals surface area contributed by atoms with Crippen LogP contribution in [-0.4, -0.2) is 53.5 Å². The topological polar surface area (TPSA) is 49.6 Å². The summed E-state index contributed by atoms with van der Waals surface area (Å²) < 4.78 is 0. The lowest BCUT2D eigenvalue weighted by atomic mass is 9.99. The normalized spacial score (nSPS) is 19.9. The summed E-state index contributed by atoms with van der Waals surface area (Å²) >= 11 is 0. The lowest BCUT2D eigenvalue weighted by molar-refractivity contribution is -0.133. The Hall–Kier alpha value is -0.610. The number of carbonyl (C=O) groups excluding carboxylic acids is 1. The third kappa shape index (κ3) is 4.94. The third-order valence-electron chi connectivity index (χ3n) is 3.86. The lowest BCUT2D eigenvalue weighted by Crippen LogP contribution is -2.51. The number of nitrogens with zero attached hydrogens (tertiary/aromatic N) is 2. The van der Waals surface area contributed by atoms with Gasteiger partial charge in [0.15, 0.2) is 0 Å². The number of hydrogen-bond donors (Lipinski definition) is 1. The van der Waals surface area contributed by atoms with Gasteiger partial charge in [-0.3, -0.25) is 9.69 Å². The van der Waals surface area contributed by atoms with E-state index >= 15 is 0 Å². The van der Waals surface area contributed by atoms with E-state index in [9.17, 15) is 4.79 Å². The van der Waals surface area contributed by atoms with E-state index in [1.807, 2.05) is 18.7 Å². The number of hydrogen-bond acceptors (Lipinski definition) is 3. The van der Waals surface area contributed by atoms with Crippen LogP contribution in [0.15, 0.2) is 0 Å². The summed E-state index contributed by atoms with van der Waals surface area (Å²) in [6, 6.07) is 0.630. The fourth-order valence-corrected chi connectivity index (χ4v) is 2.26. The minimum absolute atomic E-state index is 0.242. The Morgan fingerprint density at radius 1 is 1.28 bits per heavy atom. The van der Waals surface area contributed by atoms with Gasteiger partial charge in [0.2, 0.25) is 5.91 Å². The molecule has 0 spiro atoms. The summed E-state index contributed by atoms with van der Waals surface area (Å²) in [5.74, 6) is 0.261. The molecule has 1 atom stereocenters. The van der Waals surface area contributed by atoms with E-state index in [0.29, 0.717) is 12.5 Å². The minimum atomic E-state index is -0.242. The molecule has 1 unspecified atom stereocenters. The van der Waals surface area contributed by atoms with E-state index in [1.165, 1.54) is 6.42 Å². The number of piperazine rings is 1. The van der Waals surface area contributed by atoms with Crippen molar-refractivity contribution >= 4 is 5.91 Å². The highest BCUT2D eigenvalue weighted by Crippen LogP contribution is 2.12. The highest BCUT2D eigenvalue weighted by Gasteiger charge is 2.24. The maximum atomic E-state index is 12.0. The molecule has 0 aromatic carbocycles. The summed E-state index contributed by atoms with van der Waals surface area (Å²) in [4.78, 5) is 16.5. The Kier molecular flexibility index (Phi) is 5.60. The molecule has 4 heteroatoms. The van der Waals surface area contributed by atoms with Crippen LogP contribution in [0.1, 0.15) is 47.0 Å². The Morgan fingerprint density at radius 2 is 1.83 bits per heavy atom. The maximum Gasteiger partial charge on any atom is 0.222 e. The predicted octanol–water partition coefficient (Wildman–Crippen LogP) is 1.45. The van der Waals surface area contributed by atoms with Crippen LogP contribution in [0.25, 0.3) is 0 Å². The molecule has 106 valence electrons. The van der Waals surface area contributed by atoms with Crippen molar-refractivity contribution in [2.24, 2.45) is 5.73 Å². The van der Waals surface area contributed by atoms with Gasteiger partial charge in [-0.2, -0.15) is 0 Å². The van der Waals surface area contributed by atoms with Gasteiger partial charge in [0.05, 0.1) is 0 Å². The Morgan fingerprint density at radius 3 is 2.28 bits per heavy atom. The number of rotatable bonds is 5. The Labute approximate surface area is 111 Å². The average molecular weight is 255 g/mol. The first-order valence-electron chi connectivity index (χ1n) is 7.14. The molecular weight excluding hydrogens is 226 g/mol. The van der Waals surface area contributed by atoms with Crippen LogP contribution in [-0.2, 0) is 4.79 Å². The number of amides is 1. The van der Waals surface area contributed by atoms with Crippen LogP contribution in [0.2, 0.25) is 0 Å². The molecule has 0 radical (unpaired) electrons. The van der Waals surface area contributed by atoms with Crippen LogP contribution in [0.5, 0.6) is 0 Å². The van der Waals surface area contributed by atoms with E-state index < -0.39 is 0 Å². The first-order chi connectivity index (χ1) is 8.33. The molecule has 4 nitrogen and oxygen atoms in total. The minimum Gasteiger partial charge on any atom is -0.340 e. The predicted molar refractivity (Wildman–Crippen MR) is 75.4 cm³/mol. The molecule has 1 aliphatic heterocycles. The summed E-state index contributed by atoms with van der Waals surface area (Å²) in [7, 11) is 0. The van der Waals surface area contributed by atoms with Crippen molar-refractivity contribution in [3.63, 3.8) is 0 Å². The van der Waals surface area contributed by atoms with Gasteiger partial charge in [0.1, 0.15) is 0 Å². The molecule has 18 heavy (non-hydrogen) atoms. The second kappa shape index (κ2) is 6.53. The first-order valence-corrected chi connectivity index (χ1v) is 7.14. The molecule has 1 amide bonds. The molecule has 1 rings (SSSR count). The molecule has 1 heterocycles. The van der Waals surface area contributed by atoms with Crippen molar-refractivity contribution in [3.05, 3.63) is 0 Å². The van der Waals surface area contributed by atoms with Crippen LogP contribution in [0, 0.1) is 0 Å². The molecule has 0 aromatic rings. The van der Waals surface area contributed by atoms with Gasteiger partial charge >= 0.3 is 0 Å². The lowest BCUT2D eigenvalue weighted by Gasteiger charge is -2.38. The fourth-order valence-electron chi connectivity index (χ4n) is 2.26. The molecule has 0 aliphatic carbocycles.